The Morgan fingerprint density at radius 3 is 2.61 bits per heavy atom. The first kappa shape index (κ1) is 21.8. The summed E-state index contributed by atoms with van der Waals surface area (Å²) < 4.78 is 11.6. The molecule has 33 heavy (non-hydrogen) atoms. The largest absolute Gasteiger partial charge is 0.489 e. The Morgan fingerprint density at radius 2 is 1.79 bits per heavy atom. The van der Waals surface area contributed by atoms with Crippen LogP contribution in [0.1, 0.15) is 46.3 Å². The smallest absolute Gasteiger partial charge is 0.255 e. The number of Topliss-reactive ketones (excluding diaryl/α,β-unsaturated/α-hetero) is 2. The van der Waals surface area contributed by atoms with Crippen molar-refractivity contribution in [2.24, 2.45) is 0 Å². The molecule has 1 saturated heterocycles. The molecule has 1 amide bonds. The number of benzene rings is 2. The zero-order chi connectivity index (χ0) is 22.8. The van der Waals surface area contributed by atoms with Gasteiger partial charge in [0, 0.05) is 37.2 Å². The molecule has 7 nitrogen and oxygen atoms in total. The van der Waals surface area contributed by atoms with E-state index in [0.717, 1.165) is 44.0 Å². The molecule has 5 rings (SSSR count). The fourth-order valence-corrected chi connectivity index (χ4v) is 4.90. The molecule has 1 atom stereocenters. The third-order valence-corrected chi connectivity index (χ3v) is 6.66. The summed E-state index contributed by atoms with van der Waals surface area (Å²) in [6.45, 7) is 5.07. The van der Waals surface area contributed by atoms with Crippen LogP contribution in [-0.2, 0) is 34.0 Å². The molecular formula is C26H28N2O5. The average Bonchev–Trinajstić information content (AvgIpc) is 3.15. The van der Waals surface area contributed by atoms with Gasteiger partial charge in [-0.2, -0.15) is 0 Å². The Kier molecular flexibility index (Phi) is 6.24. The van der Waals surface area contributed by atoms with E-state index >= 15 is 0 Å². The minimum Gasteiger partial charge on any atom is -0.489 e. The molecular weight excluding hydrogens is 420 g/mol. The highest BCUT2D eigenvalue weighted by Gasteiger charge is 2.39. The van der Waals surface area contributed by atoms with E-state index in [2.05, 4.69) is 17.0 Å². The summed E-state index contributed by atoms with van der Waals surface area (Å²) in [7, 11) is 0. The highest BCUT2D eigenvalue weighted by molar-refractivity contribution is 6.07. The number of nitrogens with zero attached hydrogens (tertiary/aromatic N) is 2. The Bertz CT molecular complexity index is 1080. The van der Waals surface area contributed by atoms with Crippen molar-refractivity contribution in [3.8, 4) is 5.75 Å². The van der Waals surface area contributed by atoms with Gasteiger partial charge in [0.25, 0.3) is 5.91 Å². The number of hydrogen-bond acceptors (Lipinski definition) is 6. The summed E-state index contributed by atoms with van der Waals surface area (Å²) >= 11 is 0. The molecule has 1 unspecified atom stereocenters. The molecule has 2 aliphatic heterocycles. The van der Waals surface area contributed by atoms with E-state index in [1.54, 1.807) is 11.0 Å². The Balaban J connectivity index is 1.26. The summed E-state index contributed by atoms with van der Waals surface area (Å²) in [6, 6.07) is 13.3. The van der Waals surface area contributed by atoms with E-state index in [0.29, 0.717) is 37.3 Å². The number of fused-ring (bicyclic) bond motifs is 1. The topological polar surface area (TPSA) is 76.2 Å². The van der Waals surface area contributed by atoms with Gasteiger partial charge in [0.15, 0.2) is 5.78 Å². The quantitative estimate of drug-likeness (QED) is 0.633. The number of carbonyl (C=O) groups excluding carboxylic acids is 3. The zero-order valence-electron chi connectivity index (χ0n) is 18.6. The molecule has 172 valence electrons. The first-order valence-corrected chi connectivity index (χ1v) is 11.6. The van der Waals surface area contributed by atoms with Crippen molar-refractivity contribution in [3.05, 3.63) is 64.7 Å². The summed E-state index contributed by atoms with van der Waals surface area (Å²) in [5, 5.41) is 0. The number of hydrogen-bond donors (Lipinski definition) is 0. The van der Waals surface area contributed by atoms with Gasteiger partial charge in [0.05, 0.1) is 32.2 Å². The minimum atomic E-state index is -0.521. The van der Waals surface area contributed by atoms with Crippen molar-refractivity contribution in [2.45, 2.75) is 45.0 Å². The molecule has 0 radical (unpaired) electrons. The number of morpholine rings is 1. The lowest BCUT2D eigenvalue weighted by Gasteiger charge is -2.29. The number of ketones is 2. The fraction of sp³-hybridized carbons (Fsp3) is 0.423. The summed E-state index contributed by atoms with van der Waals surface area (Å²) in [6.07, 6.45) is 0.680. The standard InChI is InChI=1S/C26H28N2O5/c29-20-7-8-23(24(30)14-20)28-16-22-21(26(28)31)5-2-6-25(22)33-17-19-4-1-3-18(13-19)15-27-9-11-32-12-10-27/h1-6,13,23H,7-12,14-17H2. The van der Waals surface area contributed by atoms with Crippen LogP contribution in [-0.4, -0.2) is 59.6 Å². The maximum absolute atomic E-state index is 13.0. The third kappa shape index (κ3) is 4.70. The van der Waals surface area contributed by atoms with Gasteiger partial charge >= 0.3 is 0 Å². The molecule has 1 aliphatic carbocycles. The van der Waals surface area contributed by atoms with E-state index in [9.17, 15) is 14.4 Å². The maximum Gasteiger partial charge on any atom is 0.255 e. The van der Waals surface area contributed by atoms with Crippen molar-refractivity contribution in [1.82, 2.24) is 9.80 Å². The van der Waals surface area contributed by atoms with Gasteiger partial charge in [-0.3, -0.25) is 19.3 Å². The molecule has 2 aromatic rings. The summed E-state index contributed by atoms with van der Waals surface area (Å²) in [4.78, 5) is 41.0. The van der Waals surface area contributed by atoms with Gasteiger partial charge in [-0.05, 0) is 29.7 Å². The van der Waals surface area contributed by atoms with Gasteiger partial charge < -0.3 is 14.4 Å². The van der Waals surface area contributed by atoms with Gasteiger partial charge in [-0.25, -0.2) is 0 Å². The highest BCUT2D eigenvalue weighted by atomic mass is 16.5. The molecule has 1 saturated carbocycles. The Labute approximate surface area is 193 Å². The average molecular weight is 449 g/mol. The van der Waals surface area contributed by atoms with Crippen LogP contribution in [0.15, 0.2) is 42.5 Å². The molecule has 0 N–H and O–H groups in total. The van der Waals surface area contributed by atoms with Crippen LogP contribution >= 0.6 is 0 Å². The lowest BCUT2D eigenvalue weighted by Crippen LogP contribution is -2.44. The third-order valence-electron chi connectivity index (χ3n) is 6.66. The number of ether oxygens (including phenoxy) is 2. The van der Waals surface area contributed by atoms with Crippen LogP contribution in [0.4, 0.5) is 0 Å². The molecule has 3 aliphatic rings. The number of carbonyl (C=O) groups is 3. The van der Waals surface area contributed by atoms with Crippen molar-refractivity contribution < 1.29 is 23.9 Å². The van der Waals surface area contributed by atoms with Crippen LogP contribution in [0.5, 0.6) is 5.75 Å². The Morgan fingerprint density at radius 1 is 1.00 bits per heavy atom. The second-order valence-corrected chi connectivity index (χ2v) is 8.95. The SMILES string of the molecule is O=C1CCC(N2Cc3c(OCc4cccc(CN5CCOCC5)c4)cccc3C2=O)C(=O)C1. The minimum absolute atomic E-state index is 0.0414. The molecule has 0 aromatic heterocycles. The monoisotopic (exact) mass is 448 g/mol. The van der Waals surface area contributed by atoms with Crippen molar-refractivity contribution >= 4 is 17.5 Å². The number of rotatable bonds is 6. The molecule has 2 aromatic carbocycles. The van der Waals surface area contributed by atoms with Crippen LogP contribution in [0.2, 0.25) is 0 Å². The molecule has 2 fully saturated rings. The summed E-state index contributed by atoms with van der Waals surface area (Å²) in [5.41, 5.74) is 3.71. The molecule has 0 bridgehead atoms. The molecule has 7 heteroatoms. The lowest BCUT2D eigenvalue weighted by molar-refractivity contribution is -0.133. The van der Waals surface area contributed by atoms with E-state index in [1.165, 1.54) is 5.56 Å². The molecule has 2 heterocycles. The van der Waals surface area contributed by atoms with Crippen LogP contribution < -0.4 is 4.74 Å². The lowest BCUT2D eigenvalue weighted by atomic mass is 9.92. The van der Waals surface area contributed by atoms with E-state index in [4.69, 9.17) is 9.47 Å². The zero-order valence-corrected chi connectivity index (χ0v) is 18.6. The predicted octanol–water partition coefficient (Wildman–Crippen LogP) is 2.74. The van der Waals surface area contributed by atoms with E-state index < -0.39 is 6.04 Å². The van der Waals surface area contributed by atoms with E-state index in [-0.39, 0.29) is 23.9 Å². The van der Waals surface area contributed by atoms with Crippen molar-refractivity contribution in [1.29, 1.82) is 0 Å². The number of amides is 1. The van der Waals surface area contributed by atoms with Gasteiger partial charge in [0.1, 0.15) is 18.1 Å². The summed E-state index contributed by atoms with van der Waals surface area (Å²) in [5.74, 6) is 0.309. The second kappa shape index (κ2) is 9.45. The predicted molar refractivity (Wildman–Crippen MR) is 121 cm³/mol. The first-order valence-electron chi connectivity index (χ1n) is 11.6. The normalized spacial score (nSPS) is 21.4. The highest BCUT2D eigenvalue weighted by Crippen LogP contribution is 2.34. The van der Waals surface area contributed by atoms with Crippen LogP contribution in [0, 0.1) is 0 Å². The van der Waals surface area contributed by atoms with Crippen molar-refractivity contribution in [3.63, 3.8) is 0 Å². The first-order chi connectivity index (χ1) is 16.1. The maximum atomic E-state index is 13.0. The van der Waals surface area contributed by atoms with Gasteiger partial charge in [-0.15, -0.1) is 0 Å². The van der Waals surface area contributed by atoms with Crippen LogP contribution in [0.25, 0.3) is 0 Å². The van der Waals surface area contributed by atoms with Gasteiger partial charge in [-0.1, -0.05) is 30.3 Å². The van der Waals surface area contributed by atoms with E-state index in [1.807, 2.05) is 24.3 Å². The van der Waals surface area contributed by atoms with Crippen LogP contribution in [0.3, 0.4) is 0 Å². The molecule has 0 spiro atoms. The Hall–Kier alpha value is -3.03. The second-order valence-electron chi connectivity index (χ2n) is 8.95. The fourth-order valence-electron chi connectivity index (χ4n) is 4.90. The van der Waals surface area contributed by atoms with Crippen molar-refractivity contribution in [2.75, 3.05) is 26.3 Å². The van der Waals surface area contributed by atoms with Gasteiger partial charge in [0.2, 0.25) is 0 Å².